The van der Waals surface area contributed by atoms with Gasteiger partial charge in [0.25, 0.3) is 0 Å². The molecule has 33 heavy (non-hydrogen) atoms. The predicted octanol–water partition coefficient (Wildman–Crippen LogP) is -6.54. The lowest BCUT2D eigenvalue weighted by atomic mass is 9.96. The first-order valence-electron chi connectivity index (χ1n) is 10.5. The van der Waals surface area contributed by atoms with E-state index in [4.69, 9.17) is 23.7 Å². The summed E-state index contributed by atoms with van der Waals surface area (Å²) in [6.45, 7) is -2.01. The molecule has 0 bridgehead atoms. The van der Waals surface area contributed by atoms with Crippen LogP contribution in [0.3, 0.4) is 0 Å². The number of hydrogen-bond acceptors (Lipinski definition) is 15. The lowest BCUT2D eigenvalue weighted by Gasteiger charge is -2.47. The van der Waals surface area contributed by atoms with E-state index in [9.17, 15) is 51.1 Å². The number of aliphatic hydroxyl groups excluding tert-OH is 10. The molecule has 3 heterocycles. The molecule has 0 radical (unpaired) electrons. The fourth-order valence-electron chi connectivity index (χ4n) is 4.02. The van der Waals surface area contributed by atoms with Gasteiger partial charge in [0.15, 0.2) is 18.9 Å². The van der Waals surface area contributed by atoms with E-state index < -0.39 is 106 Å². The predicted molar refractivity (Wildman–Crippen MR) is 99.9 cm³/mol. The van der Waals surface area contributed by atoms with Gasteiger partial charge in [-0.1, -0.05) is 0 Å². The van der Waals surface area contributed by atoms with Crippen molar-refractivity contribution >= 4 is 0 Å². The first-order chi connectivity index (χ1) is 15.6. The zero-order chi connectivity index (χ0) is 24.4. The van der Waals surface area contributed by atoms with Crippen molar-refractivity contribution < 1.29 is 74.7 Å². The zero-order valence-corrected chi connectivity index (χ0v) is 17.4. The maximum atomic E-state index is 10.7. The van der Waals surface area contributed by atoms with Crippen LogP contribution in [0.25, 0.3) is 0 Å². The van der Waals surface area contributed by atoms with E-state index in [0.29, 0.717) is 0 Å². The highest BCUT2D eigenvalue weighted by Gasteiger charge is 2.52. The molecule has 0 unspecified atom stereocenters. The second-order valence-electron chi connectivity index (χ2n) is 8.24. The molecule has 3 aliphatic heterocycles. The van der Waals surface area contributed by atoms with Crippen LogP contribution in [-0.4, -0.2) is 157 Å². The van der Waals surface area contributed by atoms with Crippen molar-refractivity contribution in [2.45, 2.75) is 92.4 Å². The molecular formula is C18H32O15. The van der Waals surface area contributed by atoms with Crippen molar-refractivity contribution in [2.75, 3.05) is 19.8 Å². The minimum atomic E-state index is -1.83. The maximum Gasteiger partial charge on any atom is 0.187 e. The van der Waals surface area contributed by atoms with Crippen LogP contribution in [0.2, 0.25) is 0 Å². The monoisotopic (exact) mass is 488 g/mol. The van der Waals surface area contributed by atoms with Gasteiger partial charge in [0, 0.05) is 6.42 Å². The van der Waals surface area contributed by atoms with Gasteiger partial charge in [0.05, 0.1) is 32.0 Å². The standard InChI is InChI=1S/C18H32O15/c19-2-5-1-6(22)9(23)17(29-5)33-15-10(24)7(3-20)31-18(13(15)27)32-14-8(4-21)30-16(28)12(26)11(14)25/h5-28H,1-4H2/t5-,6-,7+,8+,9+,10-,11+,12+,13+,14-,15-,16+,17-,18+/m0/s1. The molecule has 15 nitrogen and oxygen atoms in total. The van der Waals surface area contributed by atoms with E-state index in [-0.39, 0.29) is 6.42 Å². The second-order valence-corrected chi connectivity index (χ2v) is 8.24. The van der Waals surface area contributed by atoms with Gasteiger partial charge in [0.1, 0.15) is 54.9 Å². The fourth-order valence-corrected chi connectivity index (χ4v) is 4.02. The third kappa shape index (κ3) is 5.64. The van der Waals surface area contributed by atoms with Crippen LogP contribution in [0.15, 0.2) is 0 Å². The van der Waals surface area contributed by atoms with E-state index in [1.807, 2.05) is 0 Å². The first kappa shape index (κ1) is 27.0. The highest BCUT2D eigenvalue weighted by atomic mass is 16.7. The number of ether oxygens (including phenoxy) is 5. The van der Waals surface area contributed by atoms with Gasteiger partial charge in [-0.15, -0.1) is 0 Å². The van der Waals surface area contributed by atoms with E-state index in [1.54, 1.807) is 0 Å². The van der Waals surface area contributed by atoms with Crippen LogP contribution in [0, 0.1) is 0 Å². The Balaban J connectivity index is 1.77. The Kier molecular flexibility index (Phi) is 9.35. The van der Waals surface area contributed by atoms with E-state index in [0.717, 1.165) is 0 Å². The maximum absolute atomic E-state index is 10.7. The lowest BCUT2D eigenvalue weighted by Crippen LogP contribution is -2.66. The Hall–Kier alpha value is -0.600. The van der Waals surface area contributed by atoms with Crippen LogP contribution in [0.4, 0.5) is 0 Å². The van der Waals surface area contributed by atoms with Gasteiger partial charge in [-0.25, -0.2) is 0 Å². The normalized spacial score (nSPS) is 51.5. The molecule has 3 saturated heterocycles. The van der Waals surface area contributed by atoms with E-state index in [1.165, 1.54) is 0 Å². The highest BCUT2D eigenvalue weighted by Crippen LogP contribution is 2.32. The van der Waals surface area contributed by atoms with E-state index in [2.05, 4.69) is 0 Å². The van der Waals surface area contributed by atoms with Crippen molar-refractivity contribution in [3.8, 4) is 0 Å². The second kappa shape index (κ2) is 11.4. The molecule has 0 spiro atoms. The van der Waals surface area contributed by atoms with Crippen molar-refractivity contribution in [1.29, 1.82) is 0 Å². The quantitative estimate of drug-likeness (QED) is 0.160. The van der Waals surface area contributed by atoms with E-state index >= 15 is 0 Å². The Morgan fingerprint density at radius 3 is 1.79 bits per heavy atom. The summed E-state index contributed by atoms with van der Waals surface area (Å²) in [6.07, 6.45) is -21.9. The SMILES string of the molecule is OC[C@@H]1C[C@H](O)[C@@H](O)[C@H](O[C@H]2[C@@H](O)[C@@H](CO)O[C@H](O[C@@H]3[C@H](O)[C@@H](O)[C@H](O)O[C@@H]3CO)[C@@H]2O)O1. The molecule has 10 N–H and O–H groups in total. The Bertz CT molecular complexity index is 609. The van der Waals surface area contributed by atoms with Crippen molar-refractivity contribution in [3.05, 3.63) is 0 Å². The van der Waals surface area contributed by atoms with Crippen molar-refractivity contribution in [2.24, 2.45) is 0 Å². The molecule has 0 saturated carbocycles. The molecule has 0 aromatic heterocycles. The van der Waals surface area contributed by atoms with Gasteiger partial charge in [0.2, 0.25) is 0 Å². The average molecular weight is 488 g/mol. The minimum Gasteiger partial charge on any atom is -0.394 e. The molecule has 194 valence electrons. The Morgan fingerprint density at radius 2 is 1.18 bits per heavy atom. The summed E-state index contributed by atoms with van der Waals surface area (Å²) < 4.78 is 26.7. The van der Waals surface area contributed by atoms with Crippen molar-refractivity contribution in [3.63, 3.8) is 0 Å². The van der Waals surface area contributed by atoms with Gasteiger partial charge in [-0.3, -0.25) is 0 Å². The summed E-state index contributed by atoms with van der Waals surface area (Å²) in [6, 6.07) is 0. The summed E-state index contributed by atoms with van der Waals surface area (Å²) in [5.41, 5.74) is 0. The topological polar surface area (TPSA) is 248 Å². The van der Waals surface area contributed by atoms with Crippen LogP contribution < -0.4 is 0 Å². The summed E-state index contributed by atoms with van der Waals surface area (Å²) in [5.74, 6) is 0. The molecule has 3 rings (SSSR count). The number of rotatable bonds is 7. The van der Waals surface area contributed by atoms with Crippen LogP contribution in [-0.2, 0) is 23.7 Å². The minimum absolute atomic E-state index is 0.0856. The van der Waals surface area contributed by atoms with Crippen LogP contribution in [0.1, 0.15) is 6.42 Å². The summed E-state index contributed by atoms with van der Waals surface area (Å²) in [7, 11) is 0. The lowest BCUT2D eigenvalue weighted by molar-refractivity contribution is -0.374. The molecule has 3 aliphatic rings. The average Bonchev–Trinajstić information content (AvgIpc) is 2.80. The largest absolute Gasteiger partial charge is 0.394 e. The van der Waals surface area contributed by atoms with Crippen molar-refractivity contribution in [1.82, 2.24) is 0 Å². The van der Waals surface area contributed by atoms with Gasteiger partial charge < -0.3 is 74.7 Å². The highest BCUT2D eigenvalue weighted by molar-refractivity contribution is 4.95. The molecule has 14 atom stereocenters. The Morgan fingerprint density at radius 1 is 0.576 bits per heavy atom. The van der Waals surface area contributed by atoms with Gasteiger partial charge >= 0.3 is 0 Å². The third-order valence-electron chi connectivity index (χ3n) is 5.95. The summed E-state index contributed by atoms with van der Waals surface area (Å²) in [5, 5.41) is 99.5. The first-order valence-corrected chi connectivity index (χ1v) is 10.5. The molecule has 0 aromatic rings. The van der Waals surface area contributed by atoms with Crippen LogP contribution >= 0.6 is 0 Å². The molecule has 0 aliphatic carbocycles. The molecule has 0 aromatic carbocycles. The van der Waals surface area contributed by atoms with Gasteiger partial charge in [-0.05, 0) is 0 Å². The Labute approximate surface area is 187 Å². The summed E-state index contributed by atoms with van der Waals surface area (Å²) >= 11 is 0. The number of aliphatic hydroxyl groups is 10. The molecule has 3 fully saturated rings. The van der Waals surface area contributed by atoms with Gasteiger partial charge in [-0.2, -0.15) is 0 Å². The fraction of sp³-hybridized carbons (Fsp3) is 1.00. The number of hydrogen-bond donors (Lipinski definition) is 10. The summed E-state index contributed by atoms with van der Waals surface area (Å²) in [4.78, 5) is 0. The third-order valence-corrected chi connectivity index (χ3v) is 5.95. The van der Waals surface area contributed by atoms with Crippen LogP contribution in [0.5, 0.6) is 0 Å². The smallest absolute Gasteiger partial charge is 0.187 e. The molecule has 0 amide bonds. The molecule has 15 heteroatoms. The zero-order valence-electron chi connectivity index (χ0n) is 17.4. The molecular weight excluding hydrogens is 456 g/mol.